The van der Waals surface area contributed by atoms with Gasteiger partial charge in [-0.05, 0) is 44.9 Å². The van der Waals surface area contributed by atoms with Crippen LogP contribution in [0.4, 0.5) is 0 Å². The normalized spacial score (nSPS) is 13.2. The lowest BCUT2D eigenvalue weighted by Crippen LogP contribution is -2.50. The molecule has 0 aliphatic rings. The van der Waals surface area contributed by atoms with Crippen LogP contribution in [-0.4, -0.2) is 80.6 Å². The molecular weight excluding hydrogens is 751 g/mol. The molecule has 0 aromatic rings. The Balaban J connectivity index is 4.25. The predicted octanol–water partition coefficient (Wildman–Crippen LogP) is 14.2. The number of quaternary nitrogens is 1. The number of carbonyl (C=O) groups is 3. The van der Waals surface area contributed by atoms with Crippen molar-refractivity contribution in [2.75, 3.05) is 41.0 Å². The summed E-state index contributed by atoms with van der Waals surface area (Å²) in [5, 5.41) is 9.65. The molecule has 0 rings (SSSR count). The number of unbranched alkanes of at least 4 members (excludes halogenated alkanes) is 25. The number of hydrogen-bond donors (Lipinski definition) is 1. The van der Waals surface area contributed by atoms with E-state index in [1.807, 2.05) is 21.1 Å². The van der Waals surface area contributed by atoms with Gasteiger partial charge in [0.1, 0.15) is 6.61 Å². The number of carboxylic acid groups (broad SMARTS) is 1. The number of ether oxygens (including phenoxy) is 3. The van der Waals surface area contributed by atoms with E-state index in [1.165, 1.54) is 128 Å². The van der Waals surface area contributed by atoms with Gasteiger partial charge in [-0.15, -0.1) is 0 Å². The van der Waals surface area contributed by atoms with Crippen LogP contribution < -0.4 is 0 Å². The number of carboxylic acids is 1. The van der Waals surface area contributed by atoms with Gasteiger partial charge in [0.2, 0.25) is 0 Å². The van der Waals surface area contributed by atoms with E-state index in [9.17, 15) is 19.5 Å². The van der Waals surface area contributed by atoms with Gasteiger partial charge in [0.25, 0.3) is 0 Å². The molecule has 1 N–H and O–H groups in total. The van der Waals surface area contributed by atoms with Crippen LogP contribution in [0.2, 0.25) is 0 Å². The molecule has 0 aliphatic heterocycles. The highest BCUT2D eigenvalue weighted by Gasteiger charge is 2.31. The monoisotopic (exact) mass is 847 g/mol. The highest BCUT2D eigenvalue weighted by atomic mass is 16.6. The third-order valence-electron chi connectivity index (χ3n) is 11.3. The van der Waals surface area contributed by atoms with Crippen LogP contribution in [0.5, 0.6) is 0 Å². The summed E-state index contributed by atoms with van der Waals surface area (Å²) in [6, 6.07) is -0.614. The van der Waals surface area contributed by atoms with E-state index in [4.69, 9.17) is 14.2 Å². The number of carbonyl (C=O) groups excluding carboxylic acids is 2. The summed E-state index contributed by atoms with van der Waals surface area (Å²) in [6.45, 7) is 4.65. The van der Waals surface area contributed by atoms with Crippen LogP contribution in [0.15, 0.2) is 36.5 Å². The van der Waals surface area contributed by atoms with Gasteiger partial charge in [0.05, 0.1) is 34.4 Å². The topological polar surface area (TPSA) is 99.1 Å². The van der Waals surface area contributed by atoms with Crippen molar-refractivity contribution in [3.8, 4) is 0 Å². The van der Waals surface area contributed by atoms with E-state index < -0.39 is 18.1 Å². The highest BCUT2D eigenvalue weighted by Crippen LogP contribution is 2.16. The quantitative estimate of drug-likeness (QED) is 0.0282. The van der Waals surface area contributed by atoms with Gasteiger partial charge in [0, 0.05) is 19.3 Å². The van der Waals surface area contributed by atoms with Gasteiger partial charge >= 0.3 is 17.9 Å². The molecule has 8 heteroatoms. The summed E-state index contributed by atoms with van der Waals surface area (Å²) in [7, 11) is 5.54. The molecular formula is C52H96NO7+. The Kier molecular flexibility index (Phi) is 41.4. The molecule has 0 aliphatic carbocycles. The molecule has 60 heavy (non-hydrogen) atoms. The van der Waals surface area contributed by atoms with E-state index in [-0.39, 0.29) is 36.2 Å². The van der Waals surface area contributed by atoms with Crippen molar-refractivity contribution in [3.63, 3.8) is 0 Å². The van der Waals surface area contributed by atoms with Crippen molar-refractivity contribution < 1.29 is 38.2 Å². The van der Waals surface area contributed by atoms with Gasteiger partial charge in [-0.25, -0.2) is 4.79 Å². The maximum atomic E-state index is 12.8. The fourth-order valence-corrected chi connectivity index (χ4v) is 7.46. The summed E-state index contributed by atoms with van der Waals surface area (Å²) in [6.07, 6.45) is 50.4. The molecule has 0 saturated carbocycles. The number of hydrogen-bond acceptors (Lipinski definition) is 6. The second-order valence-electron chi connectivity index (χ2n) is 18.1. The molecule has 2 unspecified atom stereocenters. The van der Waals surface area contributed by atoms with Crippen molar-refractivity contribution in [1.29, 1.82) is 0 Å². The molecule has 8 nitrogen and oxygen atoms in total. The summed E-state index contributed by atoms with van der Waals surface area (Å²) < 4.78 is 17.4. The van der Waals surface area contributed by atoms with E-state index in [2.05, 4.69) is 50.3 Å². The molecule has 0 aromatic heterocycles. The van der Waals surface area contributed by atoms with E-state index >= 15 is 0 Å². The third-order valence-corrected chi connectivity index (χ3v) is 11.3. The van der Waals surface area contributed by atoms with Crippen LogP contribution in [-0.2, 0) is 28.6 Å². The number of rotatable bonds is 45. The second kappa shape index (κ2) is 43.2. The first-order valence-electron chi connectivity index (χ1n) is 25.0. The van der Waals surface area contributed by atoms with Gasteiger partial charge < -0.3 is 23.8 Å². The fourth-order valence-electron chi connectivity index (χ4n) is 7.46. The van der Waals surface area contributed by atoms with Gasteiger partial charge in [0.15, 0.2) is 12.1 Å². The van der Waals surface area contributed by atoms with Crippen LogP contribution in [0.1, 0.15) is 226 Å². The minimum absolute atomic E-state index is 0.0495. The Labute approximate surface area is 370 Å². The third kappa shape index (κ3) is 40.9. The summed E-state index contributed by atoms with van der Waals surface area (Å²) in [5.74, 6) is -1.46. The largest absolute Gasteiger partial charge is 0.477 e. The Morgan fingerprint density at radius 3 is 1.38 bits per heavy atom. The molecule has 0 heterocycles. The van der Waals surface area contributed by atoms with Crippen molar-refractivity contribution >= 4 is 17.9 Å². The molecule has 0 aromatic carbocycles. The summed E-state index contributed by atoms with van der Waals surface area (Å²) in [5.41, 5.74) is 0. The molecule has 0 spiro atoms. The zero-order valence-electron chi connectivity index (χ0n) is 39.9. The van der Waals surface area contributed by atoms with Crippen LogP contribution in [0.25, 0.3) is 0 Å². The lowest BCUT2D eigenvalue weighted by atomic mass is 10.0. The lowest BCUT2D eigenvalue weighted by molar-refractivity contribution is -0.887. The maximum Gasteiger partial charge on any atom is 0.362 e. The molecule has 0 fully saturated rings. The zero-order valence-corrected chi connectivity index (χ0v) is 39.9. The molecule has 0 amide bonds. The number of aliphatic carboxylic acids is 1. The van der Waals surface area contributed by atoms with E-state index in [1.54, 1.807) is 0 Å². The van der Waals surface area contributed by atoms with E-state index in [0.717, 1.165) is 64.2 Å². The average Bonchev–Trinajstić information content (AvgIpc) is 3.21. The van der Waals surface area contributed by atoms with E-state index in [0.29, 0.717) is 19.3 Å². The van der Waals surface area contributed by atoms with Crippen LogP contribution in [0.3, 0.4) is 0 Å². The van der Waals surface area contributed by atoms with Crippen molar-refractivity contribution in [2.45, 2.75) is 238 Å². The molecule has 350 valence electrons. The number of esters is 2. The Hall–Kier alpha value is -2.45. The number of allylic oxidation sites excluding steroid dienone is 6. The number of likely N-dealkylation sites (N-methyl/N-ethyl adjacent to an activating group) is 1. The van der Waals surface area contributed by atoms with Crippen LogP contribution in [0, 0.1) is 0 Å². The highest BCUT2D eigenvalue weighted by molar-refractivity contribution is 5.72. The molecule has 0 radical (unpaired) electrons. The Morgan fingerprint density at radius 1 is 0.517 bits per heavy atom. The van der Waals surface area contributed by atoms with Crippen LogP contribution >= 0.6 is 0 Å². The minimum atomic E-state index is -0.874. The first-order chi connectivity index (χ1) is 29.1. The SMILES string of the molecule is CC/C=C/C/C=C/C/C=C/CCCCCCCCCCCC(=O)OC(COCCC(C(=O)O)[N+](C)(C)C)COC(=O)CCCCCCCCCCCCCCCCCCC. The fraction of sp³-hybridized carbons (Fsp3) is 0.827. The molecule has 0 bridgehead atoms. The maximum absolute atomic E-state index is 12.8. The van der Waals surface area contributed by atoms with Crippen molar-refractivity contribution in [3.05, 3.63) is 36.5 Å². The first-order valence-corrected chi connectivity index (χ1v) is 25.0. The lowest BCUT2D eigenvalue weighted by Gasteiger charge is -2.31. The van der Waals surface area contributed by atoms with Crippen molar-refractivity contribution in [2.24, 2.45) is 0 Å². The zero-order chi connectivity index (χ0) is 44.2. The van der Waals surface area contributed by atoms with Gasteiger partial charge in [-0.3, -0.25) is 9.59 Å². The summed E-state index contributed by atoms with van der Waals surface area (Å²) >= 11 is 0. The average molecular weight is 847 g/mol. The predicted molar refractivity (Wildman–Crippen MR) is 252 cm³/mol. The summed E-state index contributed by atoms with van der Waals surface area (Å²) in [4.78, 5) is 37.1. The minimum Gasteiger partial charge on any atom is -0.477 e. The second-order valence-corrected chi connectivity index (χ2v) is 18.1. The first kappa shape index (κ1) is 57.5. The standard InChI is InChI=1S/C52H95NO7/c1-6-8-10-12-14-16-18-20-22-24-25-27-29-31-33-35-37-39-41-43-51(55)60-48(46-58-45-44-49(52(56)57)53(3,4)5)47-59-50(54)42-40-38-36-34-32-30-28-26-23-21-19-17-15-13-11-9-7-2/h8,10,14,16,20,22,48-49H,6-7,9,11-13,15,17-19,21,23-47H2,1-5H3/p+1/b10-8+,16-14+,22-20+. The molecule has 0 saturated heterocycles. The van der Waals surface area contributed by atoms with Crippen molar-refractivity contribution in [1.82, 2.24) is 0 Å². The Bertz CT molecular complexity index is 1080. The smallest absolute Gasteiger partial charge is 0.362 e. The van der Waals surface area contributed by atoms with Gasteiger partial charge in [-0.2, -0.15) is 0 Å². The van der Waals surface area contributed by atoms with Gasteiger partial charge in [-0.1, -0.05) is 198 Å². The molecule has 2 atom stereocenters. The number of nitrogens with zero attached hydrogens (tertiary/aromatic N) is 1. The Morgan fingerprint density at radius 2 is 0.933 bits per heavy atom.